The zero-order chi connectivity index (χ0) is 21.2. The lowest BCUT2D eigenvalue weighted by atomic mass is 9.91. The van der Waals surface area contributed by atoms with Crippen molar-refractivity contribution in [1.82, 2.24) is 4.72 Å². The number of carbonyl (C=O) groups is 1. The molecule has 0 saturated carbocycles. The van der Waals surface area contributed by atoms with Crippen LogP contribution in [0.4, 0.5) is 13.2 Å². The first-order chi connectivity index (χ1) is 13.7. The van der Waals surface area contributed by atoms with Gasteiger partial charge in [0, 0.05) is 43.2 Å². The Kier molecular flexibility index (Phi) is 6.04. The van der Waals surface area contributed by atoms with Crippen LogP contribution in [0.15, 0.2) is 57.8 Å². The first kappa shape index (κ1) is 21.0. The summed E-state index contributed by atoms with van der Waals surface area (Å²) in [5, 5.41) is 0. The summed E-state index contributed by atoms with van der Waals surface area (Å²) in [4.78, 5) is 14.7. The lowest BCUT2D eigenvalue weighted by Crippen LogP contribution is -2.29. The lowest BCUT2D eigenvalue weighted by Gasteiger charge is -2.15. The van der Waals surface area contributed by atoms with Gasteiger partial charge < -0.3 is 5.73 Å². The van der Waals surface area contributed by atoms with E-state index in [-0.39, 0.29) is 35.7 Å². The van der Waals surface area contributed by atoms with Crippen LogP contribution in [0.5, 0.6) is 0 Å². The summed E-state index contributed by atoms with van der Waals surface area (Å²) in [5.74, 6) is -1.02. The first-order valence-electron chi connectivity index (χ1n) is 8.71. The van der Waals surface area contributed by atoms with E-state index in [4.69, 9.17) is 5.73 Å². The summed E-state index contributed by atoms with van der Waals surface area (Å²) in [7, 11) is -4.12. The fourth-order valence-corrected chi connectivity index (χ4v) is 4.37. The molecule has 0 unspecified atom stereocenters. The summed E-state index contributed by atoms with van der Waals surface area (Å²) < 4.78 is 66.8. The number of nitrogens with one attached hydrogen (secondary N) is 1. The van der Waals surface area contributed by atoms with Crippen LogP contribution in [0, 0.1) is 0 Å². The van der Waals surface area contributed by atoms with Crippen LogP contribution in [0.1, 0.15) is 24.0 Å². The quantitative estimate of drug-likeness (QED) is 0.669. The number of sulfonamides is 1. The van der Waals surface area contributed by atoms with E-state index in [0.717, 1.165) is 0 Å². The second kappa shape index (κ2) is 8.34. The average molecular weight is 425 g/mol. The van der Waals surface area contributed by atoms with Gasteiger partial charge in [0.05, 0.1) is 10.6 Å². The Labute approximate surface area is 165 Å². The van der Waals surface area contributed by atoms with Crippen LogP contribution >= 0.6 is 0 Å². The number of hydrogen-bond acceptors (Lipinski definition) is 4. The molecular weight excluding hydrogens is 407 g/mol. The number of hydrogen-bond donors (Lipinski definition) is 2. The fraction of sp³-hybridized carbons (Fsp3) is 0.263. The third kappa shape index (κ3) is 4.83. The van der Waals surface area contributed by atoms with Crippen molar-refractivity contribution in [3.8, 4) is 0 Å². The van der Waals surface area contributed by atoms with Crippen LogP contribution in [0.2, 0.25) is 0 Å². The molecule has 0 saturated heterocycles. The van der Waals surface area contributed by atoms with Crippen molar-refractivity contribution in [2.45, 2.75) is 30.6 Å². The van der Waals surface area contributed by atoms with Gasteiger partial charge in [0.2, 0.25) is 22.4 Å². The number of aliphatic imine (C=N–C) groups is 1. The molecule has 3 rings (SSSR count). The van der Waals surface area contributed by atoms with Gasteiger partial charge in [0.15, 0.2) is 0 Å². The number of halogens is 3. The Morgan fingerprint density at radius 3 is 2.69 bits per heavy atom. The van der Waals surface area contributed by atoms with Gasteiger partial charge >= 0.3 is 0 Å². The second-order valence-electron chi connectivity index (χ2n) is 6.52. The molecule has 0 spiro atoms. The molecule has 0 atom stereocenters. The third-order valence-corrected chi connectivity index (χ3v) is 5.98. The van der Waals surface area contributed by atoms with E-state index >= 15 is 0 Å². The van der Waals surface area contributed by atoms with E-state index < -0.39 is 28.8 Å². The standard InChI is InChI=1S/C19H18F3N3O3S/c20-13-2-3-14-15(10-24-16(14)9-13)11-1-4-17(12(7-11)8-18(21)22)29(27,28)25-6-5-19(23)26/h1-4,7,10,18,25H,5-6,8-9H2,(H2,23,26). The molecule has 0 radical (unpaired) electrons. The number of fused-ring (bicyclic) bond motifs is 1. The maximum Gasteiger partial charge on any atom is 0.242 e. The van der Waals surface area contributed by atoms with Crippen molar-refractivity contribution >= 4 is 27.2 Å². The molecule has 3 N–H and O–H groups in total. The van der Waals surface area contributed by atoms with Gasteiger partial charge in [0.1, 0.15) is 5.83 Å². The number of nitrogens with two attached hydrogens (primary N) is 1. The Morgan fingerprint density at radius 1 is 1.24 bits per heavy atom. The molecule has 29 heavy (non-hydrogen) atoms. The normalized spacial score (nSPS) is 16.1. The minimum atomic E-state index is -4.12. The average Bonchev–Trinajstić information content (AvgIpc) is 3.03. The van der Waals surface area contributed by atoms with Crippen molar-refractivity contribution in [3.63, 3.8) is 0 Å². The van der Waals surface area contributed by atoms with Crippen LogP contribution in [0.25, 0.3) is 5.57 Å². The Hall–Kier alpha value is -2.72. The topological polar surface area (TPSA) is 102 Å². The van der Waals surface area contributed by atoms with E-state index in [1.807, 2.05) is 0 Å². The van der Waals surface area contributed by atoms with E-state index in [1.165, 1.54) is 30.5 Å². The largest absolute Gasteiger partial charge is 0.370 e. The van der Waals surface area contributed by atoms with Crippen LogP contribution in [0.3, 0.4) is 0 Å². The number of carbonyl (C=O) groups excluding carboxylic acids is 1. The van der Waals surface area contributed by atoms with Crippen molar-refractivity contribution in [3.05, 3.63) is 59.1 Å². The molecule has 1 aliphatic heterocycles. The highest BCUT2D eigenvalue weighted by Gasteiger charge is 2.25. The van der Waals surface area contributed by atoms with Crippen molar-refractivity contribution in [2.75, 3.05) is 6.54 Å². The Bertz CT molecular complexity index is 1070. The van der Waals surface area contributed by atoms with Crippen LogP contribution in [-0.4, -0.2) is 33.0 Å². The van der Waals surface area contributed by atoms with Gasteiger partial charge in [-0.2, -0.15) is 0 Å². The highest BCUT2D eigenvalue weighted by molar-refractivity contribution is 7.89. The van der Waals surface area contributed by atoms with Crippen molar-refractivity contribution in [2.24, 2.45) is 10.7 Å². The van der Waals surface area contributed by atoms with Gasteiger partial charge in [-0.05, 0) is 35.4 Å². The molecule has 10 heteroatoms. The molecule has 1 heterocycles. The van der Waals surface area contributed by atoms with Gasteiger partial charge in [-0.25, -0.2) is 26.3 Å². The molecule has 0 aromatic heterocycles. The summed E-state index contributed by atoms with van der Waals surface area (Å²) in [6, 6.07) is 4.09. The highest BCUT2D eigenvalue weighted by Crippen LogP contribution is 2.35. The fourth-order valence-electron chi connectivity index (χ4n) is 3.11. The number of nitrogens with zero attached hydrogens (tertiary/aromatic N) is 1. The number of amides is 1. The minimum Gasteiger partial charge on any atom is -0.370 e. The summed E-state index contributed by atoms with van der Waals surface area (Å²) in [6.45, 7) is -0.235. The summed E-state index contributed by atoms with van der Waals surface area (Å²) in [5.41, 5.74) is 7.21. The zero-order valence-electron chi connectivity index (χ0n) is 15.2. The zero-order valence-corrected chi connectivity index (χ0v) is 16.0. The van der Waals surface area contributed by atoms with Gasteiger partial charge in [-0.15, -0.1) is 0 Å². The maximum absolute atomic E-state index is 13.4. The predicted molar refractivity (Wildman–Crippen MR) is 102 cm³/mol. The lowest BCUT2D eigenvalue weighted by molar-refractivity contribution is -0.117. The minimum absolute atomic E-state index is 0.0476. The number of benzene rings is 1. The number of primary amides is 1. The maximum atomic E-state index is 13.4. The molecule has 1 amide bonds. The molecule has 1 aliphatic carbocycles. The Balaban J connectivity index is 1.94. The molecule has 1 aromatic rings. The predicted octanol–water partition coefficient (Wildman–Crippen LogP) is 2.63. The highest BCUT2D eigenvalue weighted by atomic mass is 32.2. The molecular formula is C19H18F3N3O3S. The molecule has 154 valence electrons. The molecule has 1 aromatic carbocycles. The van der Waals surface area contributed by atoms with Crippen molar-refractivity contribution in [1.29, 1.82) is 0 Å². The van der Waals surface area contributed by atoms with Crippen LogP contribution in [-0.2, 0) is 21.2 Å². The van der Waals surface area contributed by atoms with E-state index in [9.17, 15) is 26.4 Å². The van der Waals surface area contributed by atoms with Gasteiger partial charge in [-0.1, -0.05) is 6.07 Å². The number of alkyl halides is 2. The molecule has 2 aliphatic rings. The van der Waals surface area contributed by atoms with Crippen molar-refractivity contribution < 1.29 is 26.4 Å². The summed E-state index contributed by atoms with van der Waals surface area (Å²) >= 11 is 0. The monoisotopic (exact) mass is 425 g/mol. The summed E-state index contributed by atoms with van der Waals surface area (Å²) in [6.07, 6.45) is 0.677. The smallest absolute Gasteiger partial charge is 0.242 e. The van der Waals surface area contributed by atoms with Gasteiger partial charge in [-0.3, -0.25) is 9.79 Å². The van der Waals surface area contributed by atoms with E-state index in [0.29, 0.717) is 22.4 Å². The molecule has 0 fully saturated rings. The van der Waals surface area contributed by atoms with E-state index in [2.05, 4.69) is 9.71 Å². The van der Waals surface area contributed by atoms with Gasteiger partial charge in [0.25, 0.3) is 0 Å². The number of allylic oxidation sites excluding steroid dienone is 5. The first-order valence-corrected chi connectivity index (χ1v) is 10.2. The van der Waals surface area contributed by atoms with Crippen LogP contribution < -0.4 is 10.5 Å². The third-order valence-electron chi connectivity index (χ3n) is 4.42. The second-order valence-corrected chi connectivity index (χ2v) is 8.26. The molecule has 6 nitrogen and oxygen atoms in total. The SMILES string of the molecule is NC(=O)CCNS(=O)(=O)c1ccc(C2=CN=C3CC(F)=CC=C23)cc1CC(F)F. The van der Waals surface area contributed by atoms with E-state index in [1.54, 1.807) is 6.08 Å². The number of rotatable bonds is 8. The molecule has 0 bridgehead atoms. The Morgan fingerprint density at radius 2 is 2.00 bits per heavy atom.